The lowest BCUT2D eigenvalue weighted by atomic mass is 9.91. The van der Waals surface area contributed by atoms with E-state index < -0.39 is 169 Å². The SMILES string of the molecule is [2H]c1c([2H])c(-c2c([2H])c([2H])c(-c3nc(-c4ccccc4)nc(-c4cccc5c4sc4ccccc45)n3)c([2H])c2[2H])c([2H])c(-c2c([2H])c([2H])c3c4c([2H])c([2H])c([2H])c([2H])c4c4c([2H])c([2H])c([2H])c([2H])c4c3c2[2H])c1[2H]. The highest BCUT2D eigenvalue weighted by atomic mass is 32.1. The molecule has 11 rings (SSSR count). The highest BCUT2D eigenvalue weighted by molar-refractivity contribution is 7.26. The third-order valence-electron chi connectivity index (χ3n) is 9.22. The maximum Gasteiger partial charge on any atom is 0.165 e. The van der Waals surface area contributed by atoms with Gasteiger partial charge in [-0.3, -0.25) is 0 Å². The predicted octanol–water partition coefficient (Wildman–Crippen LogP) is 14.0. The Bertz CT molecular complexity index is 4300. The summed E-state index contributed by atoms with van der Waals surface area (Å²) in [6.07, 6.45) is 0. The van der Waals surface area contributed by atoms with E-state index in [0.717, 1.165) is 20.2 Å². The van der Waals surface area contributed by atoms with Gasteiger partial charge in [0, 0.05) is 36.9 Å². The predicted molar refractivity (Wildman–Crippen MR) is 232 cm³/mol. The van der Waals surface area contributed by atoms with Gasteiger partial charge in [-0.05, 0) is 78.8 Å². The topological polar surface area (TPSA) is 38.7 Å². The minimum atomic E-state index is -0.929. The molecule has 0 unspecified atom stereocenters. The molecule has 0 saturated heterocycles. The van der Waals surface area contributed by atoms with Gasteiger partial charge in [-0.25, -0.2) is 15.0 Å². The molecule has 0 atom stereocenters. The van der Waals surface area contributed by atoms with Crippen molar-refractivity contribution in [3.63, 3.8) is 0 Å². The normalized spacial score (nSPS) is 16.5. The van der Waals surface area contributed by atoms with Crippen LogP contribution in [0.25, 0.3) is 109 Å². The van der Waals surface area contributed by atoms with Crippen LogP contribution in [0.2, 0.25) is 0 Å². The third-order valence-corrected chi connectivity index (χ3v) is 10.4. The summed E-state index contributed by atoms with van der Waals surface area (Å²) in [5.41, 5.74) is -2.02. The zero-order valence-electron chi connectivity index (χ0n) is 47.2. The number of fused-ring (bicyclic) bond motifs is 9. The lowest BCUT2D eigenvalue weighted by Crippen LogP contribution is -2.00. The van der Waals surface area contributed by atoms with Crippen molar-refractivity contribution >= 4 is 63.8 Å². The standard InChI is InChI=1S/C51H31N3S/c1-2-12-33(13-3-1)49-52-50(54-51(53-49)45-22-11-21-44-43-20-8-9-23-47(43)55-48(44)45)34-26-24-32(25-27-34)35-14-10-15-36(30-35)37-28-29-42-40-18-5-4-16-38(40)39-17-6-7-19-41(39)46(42)31-37/h1-31H/i4D,5D,6D,7D,10D,14D,15D,16D,17D,18D,19D,24D,25D,26D,27D,28D,29D,30D,31D. The molecule has 4 heteroatoms. The summed E-state index contributed by atoms with van der Waals surface area (Å²) < 4.78 is 175. The molecule has 2 aromatic heterocycles. The van der Waals surface area contributed by atoms with E-state index in [1.54, 1.807) is 30.3 Å². The van der Waals surface area contributed by atoms with Gasteiger partial charge in [0.15, 0.2) is 17.5 Å². The fourth-order valence-corrected chi connectivity index (χ4v) is 7.88. The lowest BCUT2D eigenvalue weighted by molar-refractivity contribution is 1.08. The number of rotatable bonds is 5. The van der Waals surface area contributed by atoms with Crippen LogP contribution in [0.15, 0.2) is 188 Å². The Kier molecular flexibility index (Phi) is 4.17. The molecular formula is C51H31N3S. The molecule has 55 heavy (non-hydrogen) atoms. The smallest absolute Gasteiger partial charge is 0.165 e. The average molecular weight is 737 g/mol. The van der Waals surface area contributed by atoms with Crippen LogP contribution in [0.3, 0.4) is 0 Å². The number of thiophene rings is 1. The molecule has 256 valence electrons. The molecule has 2 heterocycles. The summed E-state index contributed by atoms with van der Waals surface area (Å²) in [5, 5.41) is -0.716. The van der Waals surface area contributed by atoms with E-state index in [1.165, 1.54) is 11.3 Å². The Morgan fingerprint density at radius 1 is 0.345 bits per heavy atom. The quantitative estimate of drug-likeness (QED) is 0.165. The molecule has 3 nitrogen and oxygen atoms in total. The molecule has 0 bridgehead atoms. The maximum atomic E-state index is 9.71. The summed E-state index contributed by atoms with van der Waals surface area (Å²) in [5.74, 6) is 0.0800. The van der Waals surface area contributed by atoms with Crippen molar-refractivity contribution in [2.45, 2.75) is 0 Å². The van der Waals surface area contributed by atoms with Crippen LogP contribution in [0.5, 0.6) is 0 Å². The van der Waals surface area contributed by atoms with Crippen molar-refractivity contribution in [1.82, 2.24) is 15.0 Å². The van der Waals surface area contributed by atoms with Crippen molar-refractivity contribution in [3.8, 4) is 56.4 Å². The van der Waals surface area contributed by atoms with Crippen LogP contribution < -0.4 is 0 Å². The Morgan fingerprint density at radius 2 is 0.891 bits per heavy atom. The first-order valence-corrected chi connectivity index (χ1v) is 17.8. The van der Waals surface area contributed by atoms with Crippen molar-refractivity contribution in [3.05, 3.63) is 188 Å². The van der Waals surface area contributed by atoms with Crippen LogP contribution in [-0.4, -0.2) is 15.0 Å². The van der Waals surface area contributed by atoms with Gasteiger partial charge >= 0.3 is 0 Å². The van der Waals surface area contributed by atoms with Gasteiger partial charge < -0.3 is 0 Å². The number of hydrogen-bond acceptors (Lipinski definition) is 4. The molecule has 0 radical (unpaired) electrons. The first kappa shape index (κ1) is 17.9. The summed E-state index contributed by atoms with van der Waals surface area (Å²) in [6, 6.07) is 7.11. The van der Waals surface area contributed by atoms with E-state index in [9.17, 15) is 11.0 Å². The van der Waals surface area contributed by atoms with Crippen LogP contribution >= 0.6 is 11.3 Å². The van der Waals surface area contributed by atoms with E-state index in [1.807, 2.05) is 42.5 Å². The van der Waals surface area contributed by atoms with Crippen LogP contribution in [0.4, 0.5) is 0 Å². The van der Waals surface area contributed by atoms with E-state index in [4.69, 9.17) is 25.0 Å². The molecule has 0 amide bonds. The second-order valence-electron chi connectivity index (χ2n) is 12.5. The molecule has 0 N–H and O–H groups in total. The van der Waals surface area contributed by atoms with Gasteiger partial charge in [-0.15, -0.1) is 11.3 Å². The van der Waals surface area contributed by atoms with Gasteiger partial charge in [0.25, 0.3) is 0 Å². The summed E-state index contributed by atoms with van der Waals surface area (Å²) in [7, 11) is 0. The fraction of sp³-hybridized carbons (Fsp3) is 0. The van der Waals surface area contributed by atoms with Crippen molar-refractivity contribution < 1.29 is 26.0 Å². The van der Waals surface area contributed by atoms with Gasteiger partial charge in [-0.1, -0.05) is 163 Å². The average Bonchev–Trinajstić information content (AvgIpc) is 3.81. The number of aromatic nitrogens is 3. The molecule has 0 spiro atoms. The molecule has 0 fully saturated rings. The molecular weight excluding hydrogens is 687 g/mol. The van der Waals surface area contributed by atoms with Crippen LogP contribution in [-0.2, 0) is 0 Å². The summed E-state index contributed by atoms with van der Waals surface area (Å²) in [6.45, 7) is 0. The number of hydrogen-bond donors (Lipinski definition) is 0. The molecule has 0 saturated carbocycles. The first-order valence-electron chi connectivity index (χ1n) is 26.5. The molecule has 0 aliphatic heterocycles. The number of nitrogens with zero attached hydrogens (tertiary/aromatic N) is 3. The van der Waals surface area contributed by atoms with E-state index in [-0.39, 0.29) is 23.0 Å². The van der Waals surface area contributed by atoms with E-state index >= 15 is 0 Å². The zero-order chi connectivity index (χ0) is 52.8. The van der Waals surface area contributed by atoms with Gasteiger partial charge in [0.2, 0.25) is 0 Å². The number of benzene rings is 9. The van der Waals surface area contributed by atoms with E-state index in [2.05, 4.69) is 4.98 Å². The minimum Gasteiger partial charge on any atom is -0.208 e. The largest absolute Gasteiger partial charge is 0.208 e. The van der Waals surface area contributed by atoms with Crippen LogP contribution in [0.1, 0.15) is 26.0 Å². The zero-order valence-corrected chi connectivity index (χ0v) is 29.0. The second-order valence-corrected chi connectivity index (χ2v) is 13.5. The molecule has 0 aliphatic carbocycles. The monoisotopic (exact) mass is 736 g/mol. The van der Waals surface area contributed by atoms with Gasteiger partial charge in [-0.2, -0.15) is 0 Å². The third kappa shape index (κ3) is 5.38. The minimum absolute atomic E-state index is 0.152. The molecule has 11 aromatic rings. The highest BCUT2D eigenvalue weighted by Gasteiger charge is 2.17. The second kappa shape index (κ2) is 12.8. The van der Waals surface area contributed by atoms with Crippen LogP contribution in [0, 0.1) is 0 Å². The highest BCUT2D eigenvalue weighted by Crippen LogP contribution is 2.40. The lowest BCUT2D eigenvalue weighted by Gasteiger charge is -2.13. The van der Waals surface area contributed by atoms with Crippen molar-refractivity contribution in [2.24, 2.45) is 0 Å². The molecule has 9 aromatic carbocycles. The van der Waals surface area contributed by atoms with Crippen molar-refractivity contribution in [1.29, 1.82) is 0 Å². The Labute approximate surface area is 348 Å². The van der Waals surface area contributed by atoms with E-state index in [0.29, 0.717) is 11.1 Å². The summed E-state index contributed by atoms with van der Waals surface area (Å²) in [4.78, 5) is 14.3. The molecule has 0 aliphatic rings. The Balaban J connectivity index is 1.19. The van der Waals surface area contributed by atoms with Gasteiger partial charge in [0.1, 0.15) is 0 Å². The maximum absolute atomic E-state index is 9.71. The Morgan fingerprint density at radius 3 is 1.64 bits per heavy atom. The fourth-order valence-electron chi connectivity index (χ4n) is 6.67. The Hall–Kier alpha value is -7.01. The first-order chi connectivity index (χ1) is 35.2. The van der Waals surface area contributed by atoms with Crippen molar-refractivity contribution in [2.75, 3.05) is 0 Å². The summed E-state index contributed by atoms with van der Waals surface area (Å²) >= 11 is 1.52. The van der Waals surface area contributed by atoms with Gasteiger partial charge in [0.05, 0.1) is 26.0 Å².